The largest absolute Gasteiger partial charge is 0.417 e. The SMILES string of the molecule is O=S(=O)(NCc1ccn(-c2ccccc2)n1)c1ccccc1C(F)(F)F. The summed E-state index contributed by atoms with van der Waals surface area (Å²) in [6.45, 7) is -0.228. The number of hydrogen-bond acceptors (Lipinski definition) is 3. The van der Waals surface area contributed by atoms with Gasteiger partial charge in [-0.25, -0.2) is 17.8 Å². The van der Waals surface area contributed by atoms with Crippen LogP contribution < -0.4 is 4.72 Å². The average molecular weight is 381 g/mol. The highest BCUT2D eigenvalue weighted by Gasteiger charge is 2.36. The number of nitrogens with one attached hydrogen (secondary N) is 1. The third kappa shape index (κ3) is 3.94. The minimum absolute atomic E-state index is 0.228. The van der Waals surface area contributed by atoms with E-state index in [1.54, 1.807) is 16.9 Å². The van der Waals surface area contributed by atoms with E-state index in [0.29, 0.717) is 5.69 Å². The fourth-order valence-electron chi connectivity index (χ4n) is 2.36. The van der Waals surface area contributed by atoms with Gasteiger partial charge in [0.1, 0.15) is 0 Å². The van der Waals surface area contributed by atoms with Gasteiger partial charge in [0.25, 0.3) is 0 Å². The Kier molecular flexibility index (Phi) is 4.84. The maximum atomic E-state index is 13.0. The molecule has 2 aromatic carbocycles. The van der Waals surface area contributed by atoms with Crippen LogP contribution in [-0.2, 0) is 22.7 Å². The van der Waals surface area contributed by atoms with E-state index in [2.05, 4.69) is 9.82 Å². The first-order chi connectivity index (χ1) is 12.3. The predicted octanol–water partition coefficient (Wildman–Crippen LogP) is 3.37. The van der Waals surface area contributed by atoms with Gasteiger partial charge < -0.3 is 0 Å². The maximum absolute atomic E-state index is 13.0. The lowest BCUT2D eigenvalue weighted by Gasteiger charge is -2.13. The molecular formula is C17H14F3N3O2S. The van der Waals surface area contributed by atoms with Gasteiger partial charge in [-0.1, -0.05) is 30.3 Å². The third-order valence-electron chi connectivity index (χ3n) is 3.59. The van der Waals surface area contributed by atoms with Crippen LogP contribution in [-0.4, -0.2) is 18.2 Å². The summed E-state index contributed by atoms with van der Waals surface area (Å²) in [5.41, 5.74) is -0.0479. The van der Waals surface area contributed by atoms with Crippen molar-refractivity contribution < 1.29 is 21.6 Å². The van der Waals surface area contributed by atoms with Crippen molar-refractivity contribution >= 4 is 10.0 Å². The van der Waals surface area contributed by atoms with Crippen LogP contribution in [0.1, 0.15) is 11.3 Å². The van der Waals surface area contributed by atoms with Crippen LogP contribution in [0.2, 0.25) is 0 Å². The number of halogens is 3. The molecule has 3 rings (SSSR count). The molecule has 1 N–H and O–H groups in total. The topological polar surface area (TPSA) is 64.0 Å². The van der Waals surface area contributed by atoms with Crippen molar-refractivity contribution in [2.24, 2.45) is 0 Å². The van der Waals surface area contributed by atoms with Gasteiger partial charge in [-0.2, -0.15) is 18.3 Å². The van der Waals surface area contributed by atoms with Crippen LogP contribution in [0, 0.1) is 0 Å². The maximum Gasteiger partial charge on any atom is 0.417 e. The molecule has 0 aliphatic heterocycles. The Labute approximate surface area is 148 Å². The fraction of sp³-hybridized carbons (Fsp3) is 0.118. The highest BCUT2D eigenvalue weighted by Crippen LogP contribution is 2.33. The average Bonchev–Trinajstić information content (AvgIpc) is 3.09. The van der Waals surface area contributed by atoms with Crippen LogP contribution >= 0.6 is 0 Å². The molecule has 0 bridgehead atoms. The van der Waals surface area contributed by atoms with E-state index in [1.165, 1.54) is 6.07 Å². The second-order valence-electron chi connectivity index (χ2n) is 5.41. The molecule has 0 atom stereocenters. The molecule has 0 amide bonds. The van der Waals surface area contributed by atoms with Crippen LogP contribution in [0.5, 0.6) is 0 Å². The molecule has 0 aliphatic rings. The van der Waals surface area contributed by atoms with Gasteiger partial charge in [0.2, 0.25) is 10.0 Å². The summed E-state index contributed by atoms with van der Waals surface area (Å²) >= 11 is 0. The van der Waals surface area contributed by atoms with Crippen LogP contribution in [0.4, 0.5) is 13.2 Å². The number of alkyl halides is 3. The van der Waals surface area contributed by atoms with Crippen molar-refractivity contribution in [2.75, 3.05) is 0 Å². The summed E-state index contributed by atoms with van der Waals surface area (Å²) in [6.07, 6.45) is -3.12. The Morgan fingerprint density at radius 1 is 0.962 bits per heavy atom. The zero-order valence-corrected chi connectivity index (χ0v) is 14.1. The Hall–Kier alpha value is -2.65. The summed E-state index contributed by atoms with van der Waals surface area (Å²) in [4.78, 5) is -0.810. The molecule has 1 aromatic heterocycles. The molecule has 0 aliphatic carbocycles. The van der Waals surface area contributed by atoms with E-state index < -0.39 is 26.7 Å². The molecule has 0 radical (unpaired) electrons. The summed E-state index contributed by atoms with van der Waals surface area (Å²) in [6, 6.07) is 14.8. The predicted molar refractivity (Wildman–Crippen MR) is 89.0 cm³/mol. The first-order valence-corrected chi connectivity index (χ1v) is 9.01. The van der Waals surface area contributed by atoms with Gasteiger partial charge in [-0.15, -0.1) is 0 Å². The second kappa shape index (κ2) is 6.93. The lowest BCUT2D eigenvalue weighted by molar-refractivity contribution is -0.139. The molecule has 0 spiro atoms. The number of sulfonamides is 1. The lowest BCUT2D eigenvalue weighted by atomic mass is 10.2. The first kappa shape index (κ1) is 18.2. The second-order valence-corrected chi connectivity index (χ2v) is 7.14. The highest BCUT2D eigenvalue weighted by atomic mass is 32.2. The molecule has 5 nitrogen and oxygen atoms in total. The Bertz CT molecular complexity index is 999. The van der Waals surface area contributed by atoms with Crippen LogP contribution in [0.15, 0.2) is 71.8 Å². The molecule has 1 heterocycles. The Morgan fingerprint density at radius 2 is 1.62 bits per heavy atom. The Balaban J connectivity index is 1.79. The van der Waals surface area contributed by atoms with Crippen molar-refractivity contribution in [3.8, 4) is 5.69 Å². The summed E-state index contributed by atoms with van der Waals surface area (Å²) in [5.74, 6) is 0. The number of benzene rings is 2. The van der Waals surface area contributed by atoms with Crippen molar-refractivity contribution in [3.05, 3.63) is 78.1 Å². The molecule has 26 heavy (non-hydrogen) atoms. The van der Waals surface area contributed by atoms with Crippen molar-refractivity contribution in [3.63, 3.8) is 0 Å². The van der Waals surface area contributed by atoms with E-state index in [1.807, 2.05) is 30.3 Å². The van der Waals surface area contributed by atoms with E-state index in [0.717, 1.165) is 23.9 Å². The smallest absolute Gasteiger partial charge is 0.241 e. The summed E-state index contributed by atoms with van der Waals surface area (Å²) in [7, 11) is -4.35. The van der Waals surface area contributed by atoms with Gasteiger partial charge in [-0.3, -0.25) is 0 Å². The number of aromatic nitrogens is 2. The monoisotopic (exact) mass is 381 g/mol. The van der Waals surface area contributed by atoms with E-state index in [4.69, 9.17) is 0 Å². The molecule has 9 heteroatoms. The standard InChI is InChI=1S/C17H14F3N3O2S/c18-17(19,20)15-8-4-5-9-16(15)26(24,25)21-12-13-10-11-23(22-13)14-6-2-1-3-7-14/h1-11,21H,12H2. The highest BCUT2D eigenvalue weighted by molar-refractivity contribution is 7.89. The summed E-state index contributed by atoms with van der Waals surface area (Å²) in [5, 5.41) is 4.22. The fourth-order valence-corrected chi connectivity index (χ4v) is 3.59. The molecular weight excluding hydrogens is 367 g/mol. The van der Waals surface area contributed by atoms with Crippen LogP contribution in [0.25, 0.3) is 5.69 Å². The van der Waals surface area contributed by atoms with Gasteiger partial charge in [0.15, 0.2) is 0 Å². The van der Waals surface area contributed by atoms with Gasteiger partial charge in [0.05, 0.1) is 28.4 Å². The van der Waals surface area contributed by atoms with Gasteiger partial charge >= 0.3 is 6.18 Å². The van der Waals surface area contributed by atoms with Crippen molar-refractivity contribution in [2.45, 2.75) is 17.6 Å². The van der Waals surface area contributed by atoms with Crippen LogP contribution in [0.3, 0.4) is 0 Å². The zero-order chi connectivity index (χ0) is 18.8. The molecule has 136 valence electrons. The zero-order valence-electron chi connectivity index (χ0n) is 13.3. The minimum Gasteiger partial charge on any atom is -0.241 e. The van der Waals surface area contributed by atoms with Gasteiger partial charge in [-0.05, 0) is 30.3 Å². The molecule has 0 saturated heterocycles. The molecule has 0 unspecified atom stereocenters. The third-order valence-corrected chi connectivity index (χ3v) is 5.05. The number of hydrogen-bond donors (Lipinski definition) is 1. The Morgan fingerprint density at radius 3 is 2.31 bits per heavy atom. The molecule has 3 aromatic rings. The van der Waals surface area contributed by atoms with E-state index >= 15 is 0 Å². The number of para-hydroxylation sites is 1. The molecule has 0 saturated carbocycles. The number of rotatable bonds is 5. The number of nitrogens with zero attached hydrogens (tertiary/aromatic N) is 2. The lowest BCUT2D eigenvalue weighted by Crippen LogP contribution is -2.26. The first-order valence-electron chi connectivity index (χ1n) is 7.53. The summed E-state index contributed by atoms with van der Waals surface area (Å²) < 4.78 is 67.4. The van der Waals surface area contributed by atoms with Crippen molar-refractivity contribution in [1.29, 1.82) is 0 Å². The molecule has 0 fully saturated rings. The van der Waals surface area contributed by atoms with Gasteiger partial charge in [0, 0.05) is 6.20 Å². The normalized spacial score (nSPS) is 12.3. The van der Waals surface area contributed by atoms with E-state index in [9.17, 15) is 21.6 Å². The van der Waals surface area contributed by atoms with E-state index in [-0.39, 0.29) is 6.54 Å². The van der Waals surface area contributed by atoms with Crippen molar-refractivity contribution in [1.82, 2.24) is 14.5 Å². The quantitative estimate of drug-likeness (QED) is 0.737. The minimum atomic E-state index is -4.76.